The predicted octanol–water partition coefficient (Wildman–Crippen LogP) is 0.539. The normalized spacial score (nSPS) is 10.8. The number of hydrogen-bond donors (Lipinski definition) is 2. The van der Waals surface area contributed by atoms with Gasteiger partial charge in [0.25, 0.3) is 0 Å². The highest BCUT2D eigenvalue weighted by Crippen LogP contribution is 2.01. The maximum absolute atomic E-state index is 8.83. The van der Waals surface area contributed by atoms with Crippen molar-refractivity contribution >= 4 is 0 Å². The van der Waals surface area contributed by atoms with Crippen molar-refractivity contribution in [1.29, 1.82) is 0 Å². The Morgan fingerprint density at radius 3 is 2.90 bits per heavy atom. The van der Waals surface area contributed by atoms with Gasteiger partial charge in [0, 0.05) is 12.7 Å². The minimum atomic E-state index is 0.468. The molecule has 10 heavy (non-hydrogen) atoms. The molecular formula is C6H11N3O. The van der Waals surface area contributed by atoms with Crippen molar-refractivity contribution in [2.75, 3.05) is 7.05 Å². The van der Waals surface area contributed by atoms with Crippen molar-refractivity contribution < 1.29 is 5.21 Å². The molecule has 0 bridgehead atoms. The molecule has 0 aromatic carbocycles. The highest BCUT2D eigenvalue weighted by molar-refractivity contribution is 5.07. The third-order valence-electron chi connectivity index (χ3n) is 1.31. The maximum Gasteiger partial charge on any atom is 0.0925 e. The SMILES string of the molecule is Cc1[nH]cnc1CN(C)O. The number of rotatable bonds is 2. The summed E-state index contributed by atoms with van der Waals surface area (Å²) < 4.78 is 0. The first-order valence-electron chi connectivity index (χ1n) is 3.09. The van der Waals surface area contributed by atoms with E-state index in [1.54, 1.807) is 13.4 Å². The monoisotopic (exact) mass is 141 g/mol. The molecule has 0 aliphatic rings. The van der Waals surface area contributed by atoms with Gasteiger partial charge >= 0.3 is 0 Å². The molecule has 1 aromatic heterocycles. The molecule has 0 atom stereocenters. The Morgan fingerprint density at radius 2 is 2.50 bits per heavy atom. The summed E-state index contributed by atoms with van der Waals surface area (Å²) >= 11 is 0. The zero-order valence-electron chi connectivity index (χ0n) is 6.13. The van der Waals surface area contributed by atoms with E-state index in [1.807, 2.05) is 6.92 Å². The van der Waals surface area contributed by atoms with Gasteiger partial charge in [0.15, 0.2) is 0 Å². The predicted molar refractivity (Wildman–Crippen MR) is 36.6 cm³/mol. The summed E-state index contributed by atoms with van der Waals surface area (Å²) in [4.78, 5) is 6.92. The van der Waals surface area contributed by atoms with Gasteiger partial charge in [0.05, 0.1) is 18.6 Å². The molecule has 56 valence electrons. The van der Waals surface area contributed by atoms with Crippen molar-refractivity contribution in [2.45, 2.75) is 13.5 Å². The van der Waals surface area contributed by atoms with Crippen molar-refractivity contribution in [3.8, 4) is 0 Å². The first kappa shape index (κ1) is 7.24. The summed E-state index contributed by atoms with van der Waals surface area (Å²) in [7, 11) is 1.59. The van der Waals surface area contributed by atoms with E-state index in [0.717, 1.165) is 16.5 Å². The van der Waals surface area contributed by atoms with Crippen molar-refractivity contribution in [2.24, 2.45) is 0 Å². The van der Waals surface area contributed by atoms with Crippen LogP contribution < -0.4 is 0 Å². The van der Waals surface area contributed by atoms with Crippen LogP contribution in [0.1, 0.15) is 11.4 Å². The number of H-pyrrole nitrogens is 1. The molecule has 0 saturated heterocycles. The fraction of sp³-hybridized carbons (Fsp3) is 0.500. The van der Waals surface area contributed by atoms with E-state index in [2.05, 4.69) is 9.97 Å². The van der Waals surface area contributed by atoms with Gasteiger partial charge in [-0.2, -0.15) is 5.06 Å². The average molecular weight is 141 g/mol. The smallest absolute Gasteiger partial charge is 0.0925 e. The molecule has 1 heterocycles. The van der Waals surface area contributed by atoms with Gasteiger partial charge in [0.2, 0.25) is 0 Å². The molecule has 0 aliphatic carbocycles. The molecule has 0 radical (unpaired) electrons. The lowest BCUT2D eigenvalue weighted by molar-refractivity contribution is -0.0741. The fourth-order valence-electron chi connectivity index (χ4n) is 0.763. The highest BCUT2D eigenvalue weighted by Gasteiger charge is 2.01. The third kappa shape index (κ3) is 1.55. The summed E-state index contributed by atoms with van der Waals surface area (Å²) in [5.41, 5.74) is 1.88. The second-order valence-electron chi connectivity index (χ2n) is 2.29. The number of aromatic nitrogens is 2. The molecule has 0 amide bonds. The fourth-order valence-corrected chi connectivity index (χ4v) is 0.763. The summed E-state index contributed by atoms with van der Waals surface area (Å²) in [5, 5.41) is 9.93. The first-order chi connectivity index (χ1) is 4.70. The molecule has 0 aliphatic heterocycles. The van der Waals surface area contributed by atoms with Crippen LogP contribution in [-0.4, -0.2) is 27.3 Å². The Labute approximate surface area is 59.5 Å². The van der Waals surface area contributed by atoms with Gasteiger partial charge in [-0.1, -0.05) is 0 Å². The Balaban J connectivity index is 2.65. The largest absolute Gasteiger partial charge is 0.348 e. The minimum absolute atomic E-state index is 0.468. The van der Waals surface area contributed by atoms with Crippen LogP contribution >= 0.6 is 0 Å². The Kier molecular flexibility index (Phi) is 2.03. The molecule has 1 rings (SSSR count). The Hall–Kier alpha value is -0.870. The standard InChI is InChI=1S/C6H11N3O/c1-5-6(3-9(2)10)8-4-7-5/h4,10H,3H2,1-2H3,(H,7,8). The average Bonchev–Trinajstić information content (AvgIpc) is 2.15. The molecule has 0 fully saturated rings. The van der Waals surface area contributed by atoms with E-state index < -0.39 is 0 Å². The van der Waals surface area contributed by atoms with E-state index in [9.17, 15) is 0 Å². The quantitative estimate of drug-likeness (QED) is 0.591. The molecule has 0 spiro atoms. The zero-order chi connectivity index (χ0) is 7.56. The van der Waals surface area contributed by atoms with Crippen LogP contribution in [0.2, 0.25) is 0 Å². The second kappa shape index (κ2) is 2.81. The van der Waals surface area contributed by atoms with Crippen LogP contribution in [0.4, 0.5) is 0 Å². The van der Waals surface area contributed by atoms with Gasteiger partial charge in [-0.25, -0.2) is 4.98 Å². The number of nitrogens with zero attached hydrogens (tertiary/aromatic N) is 2. The molecule has 0 saturated carbocycles. The molecule has 4 nitrogen and oxygen atoms in total. The lowest BCUT2D eigenvalue weighted by atomic mass is 10.3. The lowest BCUT2D eigenvalue weighted by Crippen LogP contribution is -2.12. The number of aromatic amines is 1. The van der Waals surface area contributed by atoms with E-state index in [-0.39, 0.29) is 0 Å². The van der Waals surface area contributed by atoms with E-state index >= 15 is 0 Å². The lowest BCUT2D eigenvalue weighted by Gasteiger charge is -2.04. The van der Waals surface area contributed by atoms with Crippen molar-refractivity contribution in [3.63, 3.8) is 0 Å². The number of imidazole rings is 1. The Morgan fingerprint density at radius 1 is 1.80 bits per heavy atom. The summed E-state index contributed by atoms with van der Waals surface area (Å²) in [5.74, 6) is 0. The maximum atomic E-state index is 8.83. The summed E-state index contributed by atoms with van der Waals surface area (Å²) in [6.07, 6.45) is 1.62. The van der Waals surface area contributed by atoms with Gasteiger partial charge in [0.1, 0.15) is 0 Å². The minimum Gasteiger partial charge on any atom is -0.348 e. The third-order valence-corrected chi connectivity index (χ3v) is 1.31. The summed E-state index contributed by atoms with van der Waals surface area (Å²) in [6.45, 7) is 2.39. The highest BCUT2D eigenvalue weighted by atomic mass is 16.5. The number of hydrogen-bond acceptors (Lipinski definition) is 3. The number of hydroxylamine groups is 2. The van der Waals surface area contributed by atoms with E-state index in [4.69, 9.17) is 5.21 Å². The van der Waals surface area contributed by atoms with Gasteiger partial charge in [-0.3, -0.25) is 0 Å². The van der Waals surface area contributed by atoms with Crippen LogP contribution in [0.3, 0.4) is 0 Å². The van der Waals surface area contributed by atoms with Gasteiger partial charge in [-0.15, -0.1) is 0 Å². The molecular weight excluding hydrogens is 130 g/mol. The summed E-state index contributed by atoms with van der Waals surface area (Å²) in [6, 6.07) is 0. The van der Waals surface area contributed by atoms with Crippen LogP contribution in [0.5, 0.6) is 0 Å². The first-order valence-corrected chi connectivity index (χ1v) is 3.09. The van der Waals surface area contributed by atoms with Crippen LogP contribution in [-0.2, 0) is 6.54 Å². The van der Waals surface area contributed by atoms with Crippen LogP contribution in [0.25, 0.3) is 0 Å². The molecule has 4 heteroatoms. The van der Waals surface area contributed by atoms with Crippen LogP contribution in [0, 0.1) is 6.92 Å². The molecule has 2 N–H and O–H groups in total. The number of aryl methyl sites for hydroxylation is 1. The van der Waals surface area contributed by atoms with E-state index in [1.165, 1.54) is 0 Å². The van der Waals surface area contributed by atoms with Crippen molar-refractivity contribution in [3.05, 3.63) is 17.7 Å². The van der Waals surface area contributed by atoms with Crippen LogP contribution in [0.15, 0.2) is 6.33 Å². The number of nitrogens with one attached hydrogen (secondary N) is 1. The van der Waals surface area contributed by atoms with Gasteiger partial charge < -0.3 is 10.2 Å². The molecule has 1 aromatic rings. The molecule has 0 unspecified atom stereocenters. The van der Waals surface area contributed by atoms with Gasteiger partial charge in [-0.05, 0) is 6.92 Å². The second-order valence-corrected chi connectivity index (χ2v) is 2.29. The Bertz CT molecular complexity index is 207. The van der Waals surface area contributed by atoms with Crippen molar-refractivity contribution in [1.82, 2.24) is 15.0 Å². The topological polar surface area (TPSA) is 52.2 Å². The van der Waals surface area contributed by atoms with E-state index in [0.29, 0.717) is 6.54 Å². The zero-order valence-corrected chi connectivity index (χ0v) is 6.13.